The SMILES string of the molecule is Cc1cc(-c2cncc(C(=O)O)n2)ccc1Br. The van der Waals surface area contributed by atoms with Crippen molar-refractivity contribution in [3.05, 3.63) is 46.3 Å². The summed E-state index contributed by atoms with van der Waals surface area (Å²) in [5.74, 6) is -1.08. The molecule has 1 aromatic carbocycles. The summed E-state index contributed by atoms with van der Waals surface area (Å²) in [6.45, 7) is 1.96. The Kier molecular flexibility index (Phi) is 3.19. The van der Waals surface area contributed by atoms with E-state index in [1.54, 1.807) is 6.20 Å². The van der Waals surface area contributed by atoms with Crippen LogP contribution in [-0.4, -0.2) is 21.0 Å². The zero-order valence-electron chi connectivity index (χ0n) is 9.01. The molecule has 2 rings (SSSR count). The summed E-state index contributed by atoms with van der Waals surface area (Å²) < 4.78 is 1.00. The van der Waals surface area contributed by atoms with Gasteiger partial charge >= 0.3 is 5.97 Å². The highest BCUT2D eigenvalue weighted by Crippen LogP contribution is 2.23. The lowest BCUT2D eigenvalue weighted by Crippen LogP contribution is -2.02. The van der Waals surface area contributed by atoms with Crippen molar-refractivity contribution in [1.82, 2.24) is 9.97 Å². The number of halogens is 1. The van der Waals surface area contributed by atoms with Crippen LogP contribution in [0.1, 0.15) is 16.1 Å². The average molecular weight is 293 g/mol. The second kappa shape index (κ2) is 4.63. The lowest BCUT2D eigenvalue weighted by atomic mass is 10.1. The number of carbonyl (C=O) groups is 1. The molecule has 0 aliphatic rings. The minimum absolute atomic E-state index is 0.0527. The lowest BCUT2D eigenvalue weighted by molar-refractivity contribution is 0.0690. The standard InChI is InChI=1S/C12H9BrN2O2/c1-7-4-8(2-3-9(7)13)10-5-14-6-11(15-10)12(16)17/h2-6H,1H3,(H,16,17). The molecule has 0 unspecified atom stereocenters. The Labute approximate surface area is 106 Å². The summed E-state index contributed by atoms with van der Waals surface area (Å²) in [7, 11) is 0. The Bertz CT molecular complexity index is 584. The maximum absolute atomic E-state index is 10.8. The Morgan fingerprint density at radius 1 is 1.35 bits per heavy atom. The summed E-state index contributed by atoms with van der Waals surface area (Å²) in [5, 5.41) is 8.84. The number of aryl methyl sites for hydroxylation is 1. The molecule has 4 nitrogen and oxygen atoms in total. The Morgan fingerprint density at radius 3 is 2.76 bits per heavy atom. The van der Waals surface area contributed by atoms with Gasteiger partial charge < -0.3 is 5.11 Å². The van der Waals surface area contributed by atoms with Crippen LogP contribution in [0.5, 0.6) is 0 Å². The Hall–Kier alpha value is -1.75. The van der Waals surface area contributed by atoms with Crippen LogP contribution in [0.25, 0.3) is 11.3 Å². The highest BCUT2D eigenvalue weighted by Gasteiger charge is 2.08. The van der Waals surface area contributed by atoms with Gasteiger partial charge in [-0.05, 0) is 24.6 Å². The molecular weight excluding hydrogens is 284 g/mol. The van der Waals surface area contributed by atoms with Crippen molar-refractivity contribution in [2.24, 2.45) is 0 Å². The van der Waals surface area contributed by atoms with E-state index in [1.807, 2.05) is 25.1 Å². The van der Waals surface area contributed by atoms with Crippen LogP contribution in [0.15, 0.2) is 35.1 Å². The largest absolute Gasteiger partial charge is 0.476 e. The van der Waals surface area contributed by atoms with Crippen LogP contribution in [0.3, 0.4) is 0 Å². The number of benzene rings is 1. The third-order valence-electron chi connectivity index (χ3n) is 2.31. The molecule has 2 aromatic rings. The summed E-state index contributed by atoms with van der Waals surface area (Å²) in [4.78, 5) is 18.7. The van der Waals surface area contributed by atoms with Crippen molar-refractivity contribution >= 4 is 21.9 Å². The lowest BCUT2D eigenvalue weighted by Gasteiger charge is -2.04. The van der Waals surface area contributed by atoms with E-state index in [4.69, 9.17) is 5.11 Å². The van der Waals surface area contributed by atoms with E-state index >= 15 is 0 Å². The maximum Gasteiger partial charge on any atom is 0.356 e. The number of nitrogens with zero attached hydrogens (tertiary/aromatic N) is 2. The molecule has 1 N–H and O–H groups in total. The molecule has 0 spiro atoms. The van der Waals surface area contributed by atoms with Crippen molar-refractivity contribution in [2.45, 2.75) is 6.92 Å². The van der Waals surface area contributed by atoms with Gasteiger partial charge in [0, 0.05) is 10.0 Å². The fraction of sp³-hybridized carbons (Fsp3) is 0.0833. The molecule has 1 aromatic heterocycles. The number of carboxylic acid groups (broad SMARTS) is 1. The number of aromatic nitrogens is 2. The average Bonchev–Trinajstić information content (AvgIpc) is 2.33. The number of carboxylic acids is 1. The van der Waals surface area contributed by atoms with Gasteiger partial charge in [0.1, 0.15) is 0 Å². The fourth-order valence-corrected chi connectivity index (χ4v) is 1.66. The second-order valence-corrected chi connectivity index (χ2v) is 4.41. The van der Waals surface area contributed by atoms with Crippen LogP contribution < -0.4 is 0 Å². The second-order valence-electron chi connectivity index (χ2n) is 3.56. The van der Waals surface area contributed by atoms with E-state index in [9.17, 15) is 4.79 Å². The summed E-state index contributed by atoms with van der Waals surface area (Å²) >= 11 is 3.41. The normalized spacial score (nSPS) is 10.2. The van der Waals surface area contributed by atoms with Gasteiger partial charge in [0.15, 0.2) is 5.69 Å². The molecule has 1 heterocycles. The van der Waals surface area contributed by atoms with E-state index in [1.165, 1.54) is 6.20 Å². The molecular formula is C12H9BrN2O2. The van der Waals surface area contributed by atoms with Gasteiger partial charge in [-0.15, -0.1) is 0 Å². The van der Waals surface area contributed by atoms with Crippen LogP contribution in [-0.2, 0) is 0 Å². The van der Waals surface area contributed by atoms with Crippen LogP contribution in [0, 0.1) is 6.92 Å². The molecule has 17 heavy (non-hydrogen) atoms. The predicted octanol–water partition coefficient (Wildman–Crippen LogP) is 2.91. The van der Waals surface area contributed by atoms with Gasteiger partial charge in [0.05, 0.1) is 18.1 Å². The van der Waals surface area contributed by atoms with Gasteiger partial charge in [0.25, 0.3) is 0 Å². The molecule has 0 aliphatic heterocycles. The van der Waals surface area contributed by atoms with Crippen molar-refractivity contribution < 1.29 is 9.90 Å². The Balaban J connectivity index is 2.49. The molecule has 5 heteroatoms. The molecule has 0 amide bonds. The number of rotatable bonds is 2. The van der Waals surface area contributed by atoms with Crippen molar-refractivity contribution in [3.63, 3.8) is 0 Å². The van der Waals surface area contributed by atoms with E-state index in [0.717, 1.165) is 15.6 Å². The topological polar surface area (TPSA) is 63.1 Å². The predicted molar refractivity (Wildman–Crippen MR) is 66.9 cm³/mol. The summed E-state index contributed by atoms with van der Waals surface area (Å²) in [6, 6.07) is 5.70. The monoisotopic (exact) mass is 292 g/mol. The third-order valence-corrected chi connectivity index (χ3v) is 3.20. The van der Waals surface area contributed by atoms with Gasteiger partial charge in [-0.3, -0.25) is 4.98 Å². The molecule has 86 valence electrons. The number of hydrogen-bond donors (Lipinski definition) is 1. The molecule has 0 radical (unpaired) electrons. The first-order valence-corrected chi connectivity index (χ1v) is 5.69. The van der Waals surface area contributed by atoms with Gasteiger partial charge in [-0.2, -0.15) is 0 Å². The number of hydrogen-bond acceptors (Lipinski definition) is 3. The van der Waals surface area contributed by atoms with E-state index < -0.39 is 5.97 Å². The van der Waals surface area contributed by atoms with Crippen molar-refractivity contribution in [2.75, 3.05) is 0 Å². The van der Waals surface area contributed by atoms with Gasteiger partial charge in [0.2, 0.25) is 0 Å². The summed E-state index contributed by atoms with van der Waals surface area (Å²) in [6.07, 6.45) is 2.78. The molecule has 0 aliphatic carbocycles. The van der Waals surface area contributed by atoms with Crippen LogP contribution >= 0.6 is 15.9 Å². The smallest absolute Gasteiger partial charge is 0.356 e. The minimum Gasteiger partial charge on any atom is -0.476 e. The highest BCUT2D eigenvalue weighted by molar-refractivity contribution is 9.10. The van der Waals surface area contributed by atoms with Crippen LogP contribution in [0.4, 0.5) is 0 Å². The molecule has 0 bridgehead atoms. The highest BCUT2D eigenvalue weighted by atomic mass is 79.9. The zero-order chi connectivity index (χ0) is 12.4. The summed E-state index contributed by atoms with van der Waals surface area (Å²) in [5.41, 5.74) is 2.41. The molecule has 0 fully saturated rings. The third kappa shape index (κ3) is 2.50. The first-order chi connectivity index (χ1) is 8.08. The molecule has 0 saturated heterocycles. The van der Waals surface area contributed by atoms with E-state index in [2.05, 4.69) is 25.9 Å². The Morgan fingerprint density at radius 2 is 2.12 bits per heavy atom. The quantitative estimate of drug-likeness (QED) is 0.924. The van der Waals surface area contributed by atoms with Gasteiger partial charge in [-0.25, -0.2) is 9.78 Å². The van der Waals surface area contributed by atoms with E-state index in [-0.39, 0.29) is 5.69 Å². The number of aromatic carboxylic acids is 1. The molecule has 0 saturated carbocycles. The first-order valence-electron chi connectivity index (χ1n) is 4.90. The fourth-order valence-electron chi connectivity index (χ4n) is 1.41. The van der Waals surface area contributed by atoms with Gasteiger partial charge in [-0.1, -0.05) is 22.0 Å². The van der Waals surface area contributed by atoms with E-state index in [0.29, 0.717) is 5.69 Å². The zero-order valence-corrected chi connectivity index (χ0v) is 10.6. The van der Waals surface area contributed by atoms with Crippen molar-refractivity contribution in [3.8, 4) is 11.3 Å². The minimum atomic E-state index is -1.08. The van der Waals surface area contributed by atoms with Crippen LogP contribution in [0.2, 0.25) is 0 Å². The van der Waals surface area contributed by atoms with Crippen molar-refractivity contribution in [1.29, 1.82) is 0 Å². The molecule has 0 atom stereocenters. The maximum atomic E-state index is 10.8. The first kappa shape index (κ1) is 11.7.